The Morgan fingerprint density at radius 2 is 2.04 bits per heavy atom. The lowest BCUT2D eigenvalue weighted by Crippen LogP contribution is -2.13. The van der Waals surface area contributed by atoms with Gasteiger partial charge in [-0.15, -0.1) is 11.3 Å². The van der Waals surface area contributed by atoms with Crippen molar-refractivity contribution in [2.45, 2.75) is 25.5 Å². The van der Waals surface area contributed by atoms with Gasteiger partial charge in [0.1, 0.15) is 10.6 Å². The topological polar surface area (TPSA) is 83.1 Å². The van der Waals surface area contributed by atoms with Gasteiger partial charge in [0.15, 0.2) is 11.5 Å². The Kier molecular flexibility index (Phi) is 4.43. The fourth-order valence-corrected chi connectivity index (χ4v) is 4.95. The van der Waals surface area contributed by atoms with Gasteiger partial charge in [-0.05, 0) is 37.0 Å². The summed E-state index contributed by atoms with van der Waals surface area (Å²) in [6.07, 6.45) is 2.11. The predicted octanol–water partition coefficient (Wildman–Crippen LogP) is 3.32. The summed E-state index contributed by atoms with van der Waals surface area (Å²) in [5.74, 6) is -0.0823. The number of thiophene rings is 1. The summed E-state index contributed by atoms with van der Waals surface area (Å²) in [5, 5.41) is 3.87. The van der Waals surface area contributed by atoms with Crippen molar-refractivity contribution in [3.63, 3.8) is 0 Å². The van der Waals surface area contributed by atoms with Crippen LogP contribution in [0, 0.1) is 0 Å². The van der Waals surface area contributed by atoms with Crippen molar-refractivity contribution in [3.05, 3.63) is 39.3 Å². The first kappa shape index (κ1) is 17.7. The van der Waals surface area contributed by atoms with Crippen LogP contribution in [0.1, 0.15) is 49.4 Å². The molecule has 1 aromatic carbocycles. The first-order valence-electron chi connectivity index (χ1n) is 8.54. The summed E-state index contributed by atoms with van der Waals surface area (Å²) in [4.78, 5) is 25.9. The fourth-order valence-electron chi connectivity index (χ4n) is 3.65. The molecule has 0 fully saturated rings. The van der Waals surface area contributed by atoms with Crippen molar-refractivity contribution < 1.29 is 28.5 Å². The summed E-state index contributed by atoms with van der Waals surface area (Å²) >= 11 is 1.51. The van der Waals surface area contributed by atoms with Gasteiger partial charge in [-0.1, -0.05) is 0 Å². The molecule has 0 bridgehead atoms. The quantitative estimate of drug-likeness (QED) is 0.786. The number of methoxy groups -OCH3 is 3. The molecule has 27 heavy (non-hydrogen) atoms. The molecule has 0 radical (unpaired) electrons. The SMILES string of the molecule is COC(=O)c1c(N[C@H]2OC(=O)c3c2ccc(OC)c3OC)sc2c1CCC2. The monoisotopic (exact) mass is 389 g/mol. The maximum absolute atomic E-state index is 12.4. The Bertz CT molecular complexity index is 935. The molecule has 0 unspecified atom stereocenters. The number of nitrogens with one attached hydrogen (secondary N) is 1. The molecule has 1 aliphatic carbocycles. The van der Waals surface area contributed by atoms with Crippen molar-refractivity contribution in [1.82, 2.24) is 0 Å². The molecule has 7 nitrogen and oxygen atoms in total. The van der Waals surface area contributed by atoms with E-state index in [9.17, 15) is 9.59 Å². The molecular weight excluding hydrogens is 370 g/mol. The summed E-state index contributed by atoms with van der Waals surface area (Å²) in [7, 11) is 4.36. The number of ether oxygens (including phenoxy) is 4. The van der Waals surface area contributed by atoms with Gasteiger partial charge in [-0.2, -0.15) is 0 Å². The lowest BCUT2D eigenvalue weighted by molar-refractivity contribution is 0.0435. The molecule has 1 atom stereocenters. The molecule has 0 amide bonds. The first-order chi connectivity index (χ1) is 13.1. The van der Waals surface area contributed by atoms with Gasteiger partial charge in [-0.3, -0.25) is 0 Å². The second kappa shape index (κ2) is 6.77. The second-order valence-corrected chi connectivity index (χ2v) is 7.35. The minimum Gasteiger partial charge on any atom is -0.493 e. The predicted molar refractivity (Wildman–Crippen MR) is 99.0 cm³/mol. The zero-order valence-electron chi connectivity index (χ0n) is 15.2. The number of carbonyl (C=O) groups is 2. The summed E-state index contributed by atoms with van der Waals surface area (Å²) in [6, 6.07) is 3.49. The molecule has 0 saturated heterocycles. The zero-order chi connectivity index (χ0) is 19.1. The van der Waals surface area contributed by atoms with Crippen LogP contribution in [0.2, 0.25) is 0 Å². The summed E-state index contributed by atoms with van der Waals surface area (Å²) in [6.45, 7) is 0. The van der Waals surface area contributed by atoms with Gasteiger partial charge >= 0.3 is 11.9 Å². The minimum atomic E-state index is -0.713. The molecule has 2 aliphatic rings. The fraction of sp³-hybridized carbons (Fsp3) is 0.368. The first-order valence-corrected chi connectivity index (χ1v) is 9.36. The van der Waals surface area contributed by atoms with E-state index in [1.165, 1.54) is 37.5 Å². The van der Waals surface area contributed by atoms with E-state index in [0.29, 0.717) is 33.2 Å². The largest absolute Gasteiger partial charge is 0.493 e. The molecule has 0 spiro atoms. The van der Waals surface area contributed by atoms with Crippen molar-refractivity contribution in [1.29, 1.82) is 0 Å². The molecule has 142 valence electrons. The standard InChI is InChI=1S/C19H19NO6S/c1-23-11-8-7-10-13(15(11)24-2)19(22)26-16(10)20-17-14(18(21)25-3)9-5-4-6-12(9)27-17/h7-8,16,20H,4-6H2,1-3H3/t16-/m0/s1. The van der Waals surface area contributed by atoms with Crippen LogP contribution in [-0.4, -0.2) is 33.3 Å². The van der Waals surface area contributed by atoms with E-state index < -0.39 is 12.2 Å². The zero-order valence-corrected chi connectivity index (χ0v) is 16.0. The Morgan fingerprint density at radius 1 is 1.22 bits per heavy atom. The Morgan fingerprint density at radius 3 is 2.74 bits per heavy atom. The van der Waals surface area contributed by atoms with Crippen LogP contribution < -0.4 is 14.8 Å². The third-order valence-electron chi connectivity index (χ3n) is 4.86. The third kappa shape index (κ3) is 2.71. The average molecular weight is 389 g/mol. The van der Waals surface area contributed by atoms with Crippen LogP contribution in [0.3, 0.4) is 0 Å². The average Bonchev–Trinajstić information content (AvgIpc) is 3.34. The molecule has 2 heterocycles. The van der Waals surface area contributed by atoms with Gasteiger partial charge in [-0.25, -0.2) is 9.59 Å². The van der Waals surface area contributed by atoms with Crippen LogP contribution in [-0.2, 0) is 22.3 Å². The number of esters is 2. The number of hydrogen-bond donors (Lipinski definition) is 1. The molecule has 0 saturated carbocycles. The number of hydrogen-bond acceptors (Lipinski definition) is 8. The van der Waals surface area contributed by atoms with Crippen molar-refractivity contribution in [3.8, 4) is 11.5 Å². The lowest BCUT2D eigenvalue weighted by Gasteiger charge is -2.15. The van der Waals surface area contributed by atoms with Crippen LogP contribution in [0.15, 0.2) is 12.1 Å². The molecule has 1 N–H and O–H groups in total. The second-order valence-electron chi connectivity index (χ2n) is 6.25. The van der Waals surface area contributed by atoms with E-state index in [-0.39, 0.29) is 5.97 Å². The Balaban J connectivity index is 1.73. The highest BCUT2D eigenvalue weighted by Gasteiger charge is 2.37. The molecular formula is C19H19NO6S. The smallest absolute Gasteiger partial charge is 0.344 e. The third-order valence-corrected chi connectivity index (χ3v) is 6.09. The maximum atomic E-state index is 12.4. The van der Waals surface area contributed by atoms with Crippen molar-refractivity contribution in [2.24, 2.45) is 0 Å². The highest BCUT2D eigenvalue weighted by Crippen LogP contribution is 2.45. The molecule has 4 rings (SSSR count). The highest BCUT2D eigenvalue weighted by atomic mass is 32.1. The van der Waals surface area contributed by atoms with E-state index in [2.05, 4.69) is 5.32 Å². The van der Waals surface area contributed by atoms with Crippen LogP contribution >= 0.6 is 11.3 Å². The van der Waals surface area contributed by atoms with Crippen molar-refractivity contribution in [2.75, 3.05) is 26.6 Å². The van der Waals surface area contributed by atoms with Gasteiger partial charge in [0.05, 0.1) is 26.9 Å². The molecule has 1 aromatic heterocycles. The molecule has 8 heteroatoms. The van der Waals surface area contributed by atoms with Crippen molar-refractivity contribution >= 4 is 28.3 Å². The minimum absolute atomic E-state index is 0.332. The Labute approximate surface area is 160 Å². The number of anilines is 1. The maximum Gasteiger partial charge on any atom is 0.344 e. The van der Waals surface area contributed by atoms with E-state index in [1.54, 1.807) is 12.1 Å². The van der Waals surface area contributed by atoms with Crippen LogP contribution in [0.4, 0.5) is 5.00 Å². The number of cyclic esters (lactones) is 1. The molecule has 1 aliphatic heterocycles. The lowest BCUT2D eigenvalue weighted by atomic mass is 10.1. The number of aryl methyl sites for hydroxylation is 1. The highest BCUT2D eigenvalue weighted by molar-refractivity contribution is 7.16. The summed E-state index contributed by atoms with van der Waals surface area (Å²) in [5.41, 5.74) is 2.55. The van der Waals surface area contributed by atoms with Gasteiger partial charge < -0.3 is 24.3 Å². The Hall–Kier alpha value is -2.74. The van der Waals surface area contributed by atoms with Gasteiger partial charge in [0.2, 0.25) is 6.23 Å². The van der Waals surface area contributed by atoms with Gasteiger partial charge in [0, 0.05) is 10.4 Å². The number of fused-ring (bicyclic) bond motifs is 2. The number of rotatable bonds is 5. The molecule has 2 aromatic rings. The number of carbonyl (C=O) groups excluding carboxylic acids is 2. The normalized spacial score (nSPS) is 17.1. The van der Waals surface area contributed by atoms with E-state index in [4.69, 9.17) is 18.9 Å². The van der Waals surface area contributed by atoms with Crippen LogP contribution in [0.25, 0.3) is 0 Å². The van der Waals surface area contributed by atoms with E-state index >= 15 is 0 Å². The van der Waals surface area contributed by atoms with Crippen LogP contribution in [0.5, 0.6) is 11.5 Å². The van der Waals surface area contributed by atoms with E-state index in [0.717, 1.165) is 24.8 Å². The van der Waals surface area contributed by atoms with E-state index in [1.807, 2.05) is 0 Å². The number of benzene rings is 1. The van der Waals surface area contributed by atoms with Gasteiger partial charge in [0.25, 0.3) is 0 Å². The summed E-state index contributed by atoms with van der Waals surface area (Å²) < 4.78 is 21.1.